The van der Waals surface area contributed by atoms with Crippen molar-refractivity contribution < 1.29 is 33.7 Å². The first-order valence-electron chi connectivity index (χ1n) is 4.38. The first-order chi connectivity index (χ1) is 7.41. The predicted molar refractivity (Wildman–Crippen MR) is 49.7 cm³/mol. The van der Waals surface area contributed by atoms with Gasteiger partial charge in [0.15, 0.2) is 11.6 Å². The molecule has 3 N–H and O–H groups in total. The topological polar surface area (TPSA) is 96.2 Å². The van der Waals surface area contributed by atoms with Crippen LogP contribution in [-0.4, -0.2) is 34.4 Å². The number of carboxylic acids is 1. The smallest absolute Gasteiger partial charge is 0.467 e. The van der Waals surface area contributed by atoms with Crippen LogP contribution in [0.25, 0.3) is 0 Å². The highest BCUT2D eigenvalue weighted by Crippen LogP contribution is 2.38. The van der Waals surface area contributed by atoms with Gasteiger partial charge in [-0.1, -0.05) is 0 Å². The van der Waals surface area contributed by atoms with E-state index in [4.69, 9.17) is 9.84 Å². The first-order valence-corrected chi connectivity index (χ1v) is 4.38. The van der Waals surface area contributed by atoms with E-state index < -0.39 is 42.1 Å². The Hall–Kier alpha value is -1.80. The third kappa shape index (κ3) is 1.68. The molecule has 0 amide bonds. The molecule has 0 bridgehead atoms. The third-order valence-corrected chi connectivity index (χ3v) is 2.05. The van der Waals surface area contributed by atoms with Gasteiger partial charge >= 0.3 is 12.7 Å². The fraction of sp³-hybridized carbons (Fsp3) is 0.125. The Morgan fingerprint density at radius 2 is 2.06 bits per heavy atom. The summed E-state index contributed by atoms with van der Waals surface area (Å²) in [5, 5.41) is 27.1. The summed E-state index contributed by atoms with van der Waals surface area (Å²) in [5.41, 5.74) is -0.398. The van der Waals surface area contributed by atoms with Gasteiger partial charge in [0.1, 0.15) is 11.3 Å². The van der Waals surface area contributed by atoms with Crippen molar-refractivity contribution in [2.45, 2.75) is 0 Å². The van der Waals surface area contributed by atoms with E-state index in [1.165, 1.54) is 0 Å². The highest BCUT2D eigenvalue weighted by atomic mass is 19.1. The number of carboxylic acid groups (broad SMARTS) is 1. The van der Waals surface area contributed by atoms with Crippen LogP contribution in [0.4, 0.5) is 4.39 Å². The van der Waals surface area contributed by atoms with Crippen LogP contribution in [0.15, 0.2) is 12.1 Å². The third-order valence-electron chi connectivity index (χ3n) is 2.05. The molecular weight excluding hydrogens is 222 g/mol. The van der Waals surface area contributed by atoms with Crippen molar-refractivity contribution in [3.63, 3.8) is 0 Å². The molecule has 0 spiro atoms. The monoisotopic (exact) mass is 229 g/mol. The molecule has 6 nitrogen and oxygen atoms in total. The van der Waals surface area contributed by atoms with Gasteiger partial charge in [-0.05, 0) is 12.1 Å². The predicted octanol–water partition coefficient (Wildman–Crippen LogP) is -0.242. The van der Waals surface area contributed by atoms with Gasteiger partial charge in [-0.25, -0.2) is 9.18 Å². The Kier molecular flexibility index (Phi) is 2.25. The van der Waals surface area contributed by atoms with Crippen molar-refractivity contribution in [3.05, 3.63) is 23.5 Å². The van der Waals surface area contributed by atoms with E-state index in [2.05, 4.69) is 4.65 Å². The highest BCUT2D eigenvalue weighted by Gasteiger charge is 2.34. The standard InChI is InChI=1S/C8H7BFO6/c10-5-2-1-4(8(11)12)6-7(5)15-3-9(13,14)16-6/h1-2,13-14H,3H2,(H,11,12)/q-1. The largest absolute Gasteiger partial charge is 0.665 e. The zero-order chi connectivity index (χ0) is 11.9. The molecule has 0 saturated carbocycles. The van der Waals surface area contributed by atoms with Crippen LogP contribution in [-0.2, 0) is 0 Å². The number of hydrogen-bond donors (Lipinski definition) is 3. The zero-order valence-corrected chi connectivity index (χ0v) is 7.88. The molecule has 1 aromatic carbocycles. The SMILES string of the molecule is O=C(O)c1ccc(F)c2c1O[B-](O)(O)CO2. The summed E-state index contributed by atoms with van der Waals surface area (Å²) in [6.07, 6.45) is 0. The summed E-state index contributed by atoms with van der Waals surface area (Å²) in [6.45, 7) is -3.95. The lowest BCUT2D eigenvalue weighted by molar-refractivity contribution is 0.0690. The molecule has 2 rings (SSSR count). The molecule has 0 atom stereocenters. The van der Waals surface area contributed by atoms with Crippen LogP contribution >= 0.6 is 0 Å². The van der Waals surface area contributed by atoms with Gasteiger partial charge in [0.25, 0.3) is 0 Å². The lowest BCUT2D eigenvalue weighted by Crippen LogP contribution is -2.51. The summed E-state index contributed by atoms with van der Waals surface area (Å²) >= 11 is 0. The van der Waals surface area contributed by atoms with E-state index in [1.54, 1.807) is 0 Å². The number of hydrogen-bond acceptors (Lipinski definition) is 5. The molecule has 0 saturated heterocycles. The number of fused-ring (bicyclic) bond motifs is 1. The summed E-state index contributed by atoms with van der Waals surface area (Å²) in [4.78, 5) is 10.8. The molecule has 0 radical (unpaired) electrons. The van der Waals surface area contributed by atoms with Crippen LogP contribution in [0.5, 0.6) is 11.5 Å². The molecule has 0 aromatic heterocycles. The second-order valence-corrected chi connectivity index (χ2v) is 3.35. The summed E-state index contributed by atoms with van der Waals surface area (Å²) in [6, 6.07) is 1.86. The minimum Gasteiger partial charge on any atom is -0.665 e. The molecule has 86 valence electrons. The Morgan fingerprint density at radius 3 is 2.69 bits per heavy atom. The zero-order valence-electron chi connectivity index (χ0n) is 7.88. The fourth-order valence-corrected chi connectivity index (χ4v) is 1.37. The van der Waals surface area contributed by atoms with E-state index >= 15 is 0 Å². The van der Waals surface area contributed by atoms with Crippen molar-refractivity contribution in [3.8, 4) is 11.5 Å². The van der Waals surface area contributed by atoms with Crippen molar-refractivity contribution in [2.75, 3.05) is 6.51 Å². The van der Waals surface area contributed by atoms with Gasteiger partial charge in [-0.2, -0.15) is 0 Å². The maximum atomic E-state index is 13.2. The lowest BCUT2D eigenvalue weighted by atomic mass is 9.80. The Morgan fingerprint density at radius 1 is 1.38 bits per heavy atom. The van der Waals surface area contributed by atoms with Gasteiger partial charge in [0, 0.05) is 0 Å². The maximum absolute atomic E-state index is 13.2. The molecule has 8 heteroatoms. The molecular formula is C8H7BFO6-. The minimum absolute atomic E-state index is 0.398. The molecule has 0 fully saturated rings. The Labute approximate surface area is 88.9 Å². The number of rotatable bonds is 1. The maximum Gasteiger partial charge on any atom is 0.467 e. The quantitative estimate of drug-likeness (QED) is 0.575. The Balaban J connectivity index is 2.58. The minimum atomic E-state index is -3.31. The molecule has 1 aliphatic heterocycles. The first kappa shape index (κ1) is 10.7. The summed E-state index contributed by atoms with van der Waals surface area (Å²) in [7, 11) is 0. The van der Waals surface area contributed by atoms with Crippen LogP contribution < -0.4 is 9.39 Å². The van der Waals surface area contributed by atoms with Gasteiger partial charge in [0.05, 0.1) is 6.51 Å². The van der Waals surface area contributed by atoms with E-state index in [-0.39, 0.29) is 0 Å². The molecule has 0 aliphatic carbocycles. The molecule has 1 heterocycles. The molecule has 16 heavy (non-hydrogen) atoms. The van der Waals surface area contributed by atoms with Crippen molar-refractivity contribution in [1.29, 1.82) is 0 Å². The van der Waals surface area contributed by atoms with Crippen molar-refractivity contribution in [2.24, 2.45) is 0 Å². The normalized spacial score (nSPS) is 16.9. The van der Waals surface area contributed by atoms with Gasteiger partial charge < -0.3 is 24.5 Å². The van der Waals surface area contributed by atoms with Crippen LogP contribution in [0.3, 0.4) is 0 Å². The molecule has 1 aliphatic rings. The lowest BCUT2D eigenvalue weighted by Gasteiger charge is -2.36. The van der Waals surface area contributed by atoms with E-state index in [0.717, 1.165) is 12.1 Å². The molecule has 0 unspecified atom stereocenters. The fourth-order valence-electron chi connectivity index (χ4n) is 1.37. The number of benzene rings is 1. The van der Waals surface area contributed by atoms with Crippen molar-refractivity contribution >= 4 is 12.7 Å². The average Bonchev–Trinajstić information content (AvgIpc) is 2.15. The summed E-state index contributed by atoms with van der Waals surface area (Å²) < 4.78 is 22.6. The average molecular weight is 229 g/mol. The number of aromatic carboxylic acids is 1. The summed E-state index contributed by atoms with van der Waals surface area (Å²) in [5.74, 6) is -3.15. The molecule has 1 aromatic rings. The van der Waals surface area contributed by atoms with Crippen LogP contribution in [0, 0.1) is 5.82 Å². The van der Waals surface area contributed by atoms with E-state index in [1.807, 2.05) is 0 Å². The second-order valence-electron chi connectivity index (χ2n) is 3.35. The number of carbonyl (C=O) groups is 1. The number of halogens is 1. The van der Waals surface area contributed by atoms with Crippen molar-refractivity contribution in [1.82, 2.24) is 0 Å². The van der Waals surface area contributed by atoms with Gasteiger partial charge in [0.2, 0.25) is 0 Å². The van der Waals surface area contributed by atoms with Gasteiger partial charge in [-0.3, -0.25) is 0 Å². The van der Waals surface area contributed by atoms with E-state index in [0.29, 0.717) is 0 Å². The van der Waals surface area contributed by atoms with Crippen LogP contribution in [0.1, 0.15) is 10.4 Å². The second kappa shape index (κ2) is 3.36. The van der Waals surface area contributed by atoms with E-state index in [9.17, 15) is 19.2 Å². The van der Waals surface area contributed by atoms with Crippen LogP contribution in [0.2, 0.25) is 0 Å². The van der Waals surface area contributed by atoms with Gasteiger partial charge in [-0.15, -0.1) is 0 Å². The Bertz CT molecular complexity index is 460. The number of ether oxygens (including phenoxy) is 1. The highest BCUT2D eigenvalue weighted by molar-refractivity contribution is 6.58.